The van der Waals surface area contributed by atoms with Crippen LogP contribution in [0.4, 0.5) is 0 Å². The van der Waals surface area contributed by atoms with E-state index < -0.39 is 28.1 Å². The molecule has 0 aliphatic carbocycles. The van der Waals surface area contributed by atoms with E-state index in [1.807, 2.05) is 0 Å². The van der Waals surface area contributed by atoms with E-state index in [0.29, 0.717) is 18.8 Å². The molecule has 1 saturated heterocycles. The number of hydrogen-bond acceptors (Lipinski definition) is 8. The smallest absolute Gasteiger partial charge is 0.309 e. The lowest BCUT2D eigenvalue weighted by Crippen LogP contribution is -2.53. The summed E-state index contributed by atoms with van der Waals surface area (Å²) in [7, 11) is 0.386. The van der Waals surface area contributed by atoms with Gasteiger partial charge in [0, 0.05) is 26.3 Å². The van der Waals surface area contributed by atoms with Gasteiger partial charge in [-0.15, -0.1) is 0 Å². The largest absolute Gasteiger partial charge is 0.493 e. The summed E-state index contributed by atoms with van der Waals surface area (Å²) in [5.41, 5.74) is 0. The maximum absolute atomic E-state index is 13.2. The number of carbonyl (C=O) groups is 2. The quantitative estimate of drug-likeness (QED) is 0.377. The van der Waals surface area contributed by atoms with E-state index in [1.165, 1.54) is 39.5 Å². The predicted octanol–water partition coefficient (Wildman–Crippen LogP) is -0.680. The fourth-order valence-electron chi connectivity index (χ4n) is 2.82. The Morgan fingerprint density at radius 3 is 2.50 bits per heavy atom. The molecule has 0 spiro atoms. The van der Waals surface area contributed by atoms with Gasteiger partial charge in [0.05, 0.1) is 38.9 Å². The van der Waals surface area contributed by atoms with E-state index in [1.54, 1.807) is 0 Å². The van der Waals surface area contributed by atoms with E-state index in [-0.39, 0.29) is 36.9 Å². The molecule has 0 saturated carbocycles. The lowest BCUT2D eigenvalue weighted by atomic mass is 10.3. The molecular formula is C18H27N3O8S. The highest BCUT2D eigenvalue weighted by Gasteiger charge is 2.35. The maximum atomic E-state index is 13.2. The van der Waals surface area contributed by atoms with E-state index in [0.717, 1.165) is 4.31 Å². The Balaban J connectivity index is 2.11. The molecule has 11 nitrogen and oxygen atoms in total. The second-order valence-corrected chi connectivity index (χ2v) is 8.16. The van der Waals surface area contributed by atoms with Crippen molar-refractivity contribution in [2.24, 2.45) is 0 Å². The molecule has 2 N–H and O–H groups in total. The molecule has 2 rings (SSSR count). The monoisotopic (exact) mass is 445 g/mol. The summed E-state index contributed by atoms with van der Waals surface area (Å²) in [4.78, 5) is 23.7. The molecule has 1 aromatic carbocycles. The topological polar surface area (TPSA) is 132 Å². The molecule has 0 radical (unpaired) electrons. The second kappa shape index (κ2) is 11.1. The van der Waals surface area contributed by atoms with Crippen molar-refractivity contribution in [1.29, 1.82) is 0 Å². The standard InChI is InChI=1S/C18H27N3O8S/c1-26-10-7-19-17(22)18(23)20-12-16-21(8-4-9-29-16)30(24,25)13-5-6-14(27-2)15(11-13)28-3/h5-6,11,16H,4,7-10,12H2,1-3H3,(H,19,22)(H,20,23)/t16-/m0/s1. The summed E-state index contributed by atoms with van der Waals surface area (Å²) in [6.45, 7) is 0.809. The van der Waals surface area contributed by atoms with Crippen molar-refractivity contribution < 1.29 is 37.0 Å². The molecule has 12 heteroatoms. The van der Waals surface area contributed by atoms with Crippen molar-refractivity contribution >= 4 is 21.8 Å². The van der Waals surface area contributed by atoms with E-state index in [2.05, 4.69) is 10.6 Å². The number of ether oxygens (including phenoxy) is 4. The van der Waals surface area contributed by atoms with Crippen LogP contribution in [0.5, 0.6) is 11.5 Å². The molecule has 0 aromatic heterocycles. The van der Waals surface area contributed by atoms with Crippen LogP contribution in [-0.4, -0.2) is 84.9 Å². The first-order chi connectivity index (χ1) is 14.3. The molecule has 1 atom stereocenters. The van der Waals surface area contributed by atoms with Crippen LogP contribution < -0.4 is 20.1 Å². The van der Waals surface area contributed by atoms with Gasteiger partial charge in [-0.25, -0.2) is 8.42 Å². The Morgan fingerprint density at radius 1 is 1.13 bits per heavy atom. The van der Waals surface area contributed by atoms with Gasteiger partial charge in [0.15, 0.2) is 11.5 Å². The molecule has 0 bridgehead atoms. The summed E-state index contributed by atoms with van der Waals surface area (Å²) in [5.74, 6) is -1.05. The zero-order valence-electron chi connectivity index (χ0n) is 17.2. The van der Waals surface area contributed by atoms with E-state index in [9.17, 15) is 18.0 Å². The van der Waals surface area contributed by atoms with Gasteiger partial charge < -0.3 is 29.6 Å². The average molecular weight is 445 g/mol. The summed E-state index contributed by atoms with van der Waals surface area (Å²) in [6, 6.07) is 4.27. The van der Waals surface area contributed by atoms with Crippen LogP contribution in [0.1, 0.15) is 6.42 Å². The number of benzene rings is 1. The third kappa shape index (κ3) is 5.81. The minimum Gasteiger partial charge on any atom is -0.493 e. The van der Waals surface area contributed by atoms with Gasteiger partial charge in [-0.2, -0.15) is 4.31 Å². The third-order valence-electron chi connectivity index (χ3n) is 4.35. The average Bonchev–Trinajstić information content (AvgIpc) is 2.77. The molecule has 1 aromatic rings. The van der Waals surface area contributed by atoms with Crippen molar-refractivity contribution in [3.63, 3.8) is 0 Å². The number of hydrogen-bond donors (Lipinski definition) is 2. The highest BCUT2D eigenvalue weighted by molar-refractivity contribution is 7.89. The van der Waals surface area contributed by atoms with Crippen LogP contribution in [0.2, 0.25) is 0 Å². The molecular weight excluding hydrogens is 418 g/mol. The summed E-state index contributed by atoms with van der Waals surface area (Å²) in [6.07, 6.45) is -0.457. The van der Waals surface area contributed by atoms with Crippen molar-refractivity contribution in [3.8, 4) is 11.5 Å². The normalized spacial score (nSPS) is 17.2. The molecule has 2 amide bonds. The first-order valence-corrected chi connectivity index (χ1v) is 10.7. The van der Waals surface area contributed by atoms with Gasteiger partial charge in [0.1, 0.15) is 6.23 Å². The van der Waals surface area contributed by atoms with Crippen molar-refractivity contribution in [2.45, 2.75) is 17.5 Å². The van der Waals surface area contributed by atoms with E-state index in [4.69, 9.17) is 18.9 Å². The zero-order chi connectivity index (χ0) is 22.1. The molecule has 1 fully saturated rings. The molecule has 30 heavy (non-hydrogen) atoms. The van der Waals surface area contributed by atoms with Gasteiger partial charge in [-0.05, 0) is 18.6 Å². The Hall–Kier alpha value is -2.41. The Labute approximate surface area is 175 Å². The highest BCUT2D eigenvalue weighted by Crippen LogP contribution is 2.31. The highest BCUT2D eigenvalue weighted by atomic mass is 32.2. The van der Waals surface area contributed by atoms with Crippen LogP contribution >= 0.6 is 0 Å². The number of carbonyl (C=O) groups excluding carboxylic acids is 2. The Kier molecular flexibility index (Phi) is 8.84. The molecule has 0 unspecified atom stereocenters. The van der Waals surface area contributed by atoms with Crippen LogP contribution in [0.3, 0.4) is 0 Å². The predicted molar refractivity (Wildman–Crippen MR) is 106 cm³/mol. The first kappa shape index (κ1) is 23.9. The Morgan fingerprint density at radius 2 is 1.83 bits per heavy atom. The number of amides is 2. The SMILES string of the molecule is COCCNC(=O)C(=O)NC[C@@H]1OCCCN1S(=O)(=O)c1ccc(OC)c(OC)c1. The molecule has 1 aliphatic heterocycles. The minimum atomic E-state index is -3.95. The first-order valence-electron chi connectivity index (χ1n) is 9.25. The number of sulfonamides is 1. The van der Waals surface area contributed by atoms with Crippen molar-refractivity contribution in [3.05, 3.63) is 18.2 Å². The fraction of sp³-hybridized carbons (Fsp3) is 0.556. The zero-order valence-corrected chi connectivity index (χ0v) is 18.0. The van der Waals surface area contributed by atoms with Gasteiger partial charge in [0.25, 0.3) is 0 Å². The van der Waals surface area contributed by atoms with Gasteiger partial charge in [-0.3, -0.25) is 9.59 Å². The third-order valence-corrected chi connectivity index (χ3v) is 6.24. The number of nitrogens with one attached hydrogen (secondary N) is 2. The second-order valence-electron chi connectivity index (χ2n) is 6.27. The lowest BCUT2D eigenvalue weighted by Gasteiger charge is -2.34. The van der Waals surface area contributed by atoms with Crippen molar-refractivity contribution in [1.82, 2.24) is 14.9 Å². The van der Waals surface area contributed by atoms with E-state index >= 15 is 0 Å². The van der Waals surface area contributed by atoms with Crippen LogP contribution in [0.25, 0.3) is 0 Å². The van der Waals surface area contributed by atoms with Crippen LogP contribution in [0.15, 0.2) is 23.1 Å². The molecule has 168 valence electrons. The van der Waals surface area contributed by atoms with Gasteiger partial charge >= 0.3 is 11.8 Å². The molecule has 1 heterocycles. The number of nitrogens with zero attached hydrogens (tertiary/aromatic N) is 1. The van der Waals surface area contributed by atoms with Crippen LogP contribution in [-0.2, 0) is 29.1 Å². The van der Waals surface area contributed by atoms with Gasteiger partial charge in [0.2, 0.25) is 10.0 Å². The number of methoxy groups -OCH3 is 3. The van der Waals surface area contributed by atoms with Crippen molar-refractivity contribution in [2.75, 3.05) is 54.2 Å². The fourth-order valence-corrected chi connectivity index (χ4v) is 4.40. The maximum Gasteiger partial charge on any atom is 0.309 e. The number of rotatable bonds is 9. The molecule has 1 aliphatic rings. The summed E-state index contributed by atoms with van der Waals surface area (Å²) < 4.78 is 48.1. The van der Waals surface area contributed by atoms with Gasteiger partial charge in [-0.1, -0.05) is 0 Å². The Bertz CT molecular complexity index is 846. The van der Waals surface area contributed by atoms with Crippen LogP contribution in [0, 0.1) is 0 Å². The summed E-state index contributed by atoms with van der Waals surface area (Å²) >= 11 is 0. The summed E-state index contributed by atoms with van der Waals surface area (Å²) in [5, 5.41) is 4.79. The lowest BCUT2D eigenvalue weighted by molar-refractivity contribution is -0.140. The minimum absolute atomic E-state index is 0.000662.